The molecule has 0 N–H and O–H groups in total. The van der Waals surface area contributed by atoms with E-state index in [1.165, 1.54) is 19.2 Å². The van der Waals surface area contributed by atoms with Crippen LogP contribution in [0.5, 0.6) is 0 Å². The molecule has 8 heteroatoms. The van der Waals surface area contributed by atoms with Crippen LogP contribution >= 0.6 is 15.9 Å². The summed E-state index contributed by atoms with van der Waals surface area (Å²) >= 11 is 3.26. The van der Waals surface area contributed by atoms with Crippen LogP contribution in [0.3, 0.4) is 0 Å². The Balaban J connectivity index is 2.54. The predicted molar refractivity (Wildman–Crippen MR) is 75.0 cm³/mol. The molecule has 2 aromatic rings. The summed E-state index contributed by atoms with van der Waals surface area (Å²) in [4.78, 5) is 0. The average molecular weight is 364 g/mol. The molecule has 0 amide bonds. The van der Waals surface area contributed by atoms with Gasteiger partial charge in [0.05, 0.1) is 17.5 Å². The van der Waals surface area contributed by atoms with Gasteiger partial charge in [-0.2, -0.15) is 13.2 Å². The quantitative estimate of drug-likeness (QED) is 0.763. The van der Waals surface area contributed by atoms with Gasteiger partial charge in [-0.05, 0) is 6.07 Å². The van der Waals surface area contributed by atoms with Crippen LogP contribution in [-0.4, -0.2) is 28.5 Å². The van der Waals surface area contributed by atoms with Gasteiger partial charge < -0.3 is 9.30 Å². The van der Waals surface area contributed by atoms with Crippen molar-refractivity contribution in [3.05, 3.63) is 35.7 Å². The average Bonchev–Trinajstić information content (AvgIpc) is 2.86. The number of rotatable bonds is 5. The fraction of sp³-hybridized carbons (Fsp3) is 0.385. The van der Waals surface area contributed by atoms with Gasteiger partial charge in [0.25, 0.3) is 0 Å². The van der Waals surface area contributed by atoms with E-state index in [2.05, 4.69) is 26.1 Å². The zero-order valence-electron chi connectivity index (χ0n) is 11.2. The van der Waals surface area contributed by atoms with Crippen molar-refractivity contribution >= 4 is 15.9 Å². The first-order valence-corrected chi connectivity index (χ1v) is 7.24. The third-order valence-corrected chi connectivity index (χ3v) is 3.44. The van der Waals surface area contributed by atoms with Gasteiger partial charge in [-0.25, -0.2) is 0 Å². The molecule has 2 rings (SSSR count). The van der Waals surface area contributed by atoms with E-state index in [-0.39, 0.29) is 11.4 Å². The zero-order valence-corrected chi connectivity index (χ0v) is 12.8. The number of alkyl halides is 4. The van der Waals surface area contributed by atoms with E-state index in [4.69, 9.17) is 4.74 Å². The molecule has 0 atom stereocenters. The summed E-state index contributed by atoms with van der Waals surface area (Å²) in [7, 11) is 1.53. The zero-order chi connectivity index (χ0) is 15.5. The van der Waals surface area contributed by atoms with E-state index in [1.54, 1.807) is 10.6 Å². The van der Waals surface area contributed by atoms with Gasteiger partial charge in [0, 0.05) is 19.2 Å². The molecular formula is C13H13BrF3N3O. The van der Waals surface area contributed by atoms with Crippen molar-refractivity contribution in [3.8, 4) is 11.4 Å². The molecule has 0 spiro atoms. The van der Waals surface area contributed by atoms with E-state index in [9.17, 15) is 13.2 Å². The van der Waals surface area contributed by atoms with Gasteiger partial charge in [-0.15, -0.1) is 10.2 Å². The summed E-state index contributed by atoms with van der Waals surface area (Å²) in [6, 6.07) is 5.34. The second-order valence-electron chi connectivity index (χ2n) is 4.26. The molecular weight excluding hydrogens is 351 g/mol. The number of halogens is 4. The van der Waals surface area contributed by atoms with Crippen LogP contribution in [-0.2, 0) is 22.8 Å². The van der Waals surface area contributed by atoms with Gasteiger partial charge in [-0.1, -0.05) is 34.1 Å². The Bertz CT molecular complexity index is 613. The molecule has 0 unspecified atom stereocenters. The summed E-state index contributed by atoms with van der Waals surface area (Å²) in [6.07, 6.45) is -4.44. The lowest BCUT2D eigenvalue weighted by Gasteiger charge is -2.14. The maximum Gasteiger partial charge on any atom is 0.417 e. The molecule has 0 aliphatic rings. The summed E-state index contributed by atoms with van der Waals surface area (Å²) in [5.74, 6) is 0.744. The Morgan fingerprint density at radius 1 is 1.24 bits per heavy atom. The van der Waals surface area contributed by atoms with Gasteiger partial charge in [0.2, 0.25) is 0 Å². The van der Waals surface area contributed by atoms with Crippen molar-refractivity contribution in [2.45, 2.75) is 18.1 Å². The maximum atomic E-state index is 13.1. The summed E-state index contributed by atoms with van der Waals surface area (Å²) in [5, 5.41) is 8.24. The Morgan fingerprint density at radius 3 is 2.57 bits per heavy atom. The minimum atomic E-state index is -4.44. The number of methoxy groups -OCH3 is 1. The molecule has 0 aliphatic carbocycles. The van der Waals surface area contributed by atoms with E-state index in [1.807, 2.05) is 0 Å². The van der Waals surface area contributed by atoms with E-state index in [0.717, 1.165) is 6.07 Å². The highest BCUT2D eigenvalue weighted by atomic mass is 79.9. The summed E-state index contributed by atoms with van der Waals surface area (Å²) in [5.41, 5.74) is -0.710. The molecule has 4 nitrogen and oxygen atoms in total. The number of benzene rings is 1. The first kappa shape index (κ1) is 16.0. The molecule has 114 valence electrons. The van der Waals surface area contributed by atoms with Gasteiger partial charge in [-0.3, -0.25) is 0 Å². The summed E-state index contributed by atoms with van der Waals surface area (Å²) < 4.78 is 46.0. The van der Waals surface area contributed by atoms with Crippen molar-refractivity contribution < 1.29 is 17.9 Å². The van der Waals surface area contributed by atoms with Crippen molar-refractivity contribution in [1.82, 2.24) is 14.8 Å². The Hall–Kier alpha value is -1.41. The molecule has 0 saturated heterocycles. The van der Waals surface area contributed by atoms with E-state index in [0.29, 0.717) is 24.3 Å². The minimum Gasteiger partial charge on any atom is -0.383 e. The van der Waals surface area contributed by atoms with Crippen LogP contribution in [0.4, 0.5) is 13.2 Å². The fourth-order valence-electron chi connectivity index (χ4n) is 1.98. The number of aromatic nitrogens is 3. The van der Waals surface area contributed by atoms with E-state index < -0.39 is 11.7 Å². The molecule has 0 bridgehead atoms. The molecule has 0 radical (unpaired) electrons. The van der Waals surface area contributed by atoms with Crippen molar-refractivity contribution in [2.75, 3.05) is 13.7 Å². The monoisotopic (exact) mass is 363 g/mol. The summed E-state index contributed by atoms with van der Waals surface area (Å²) in [6.45, 7) is 0.741. The standard InChI is InChI=1S/C13H13BrF3N3O/c1-21-7-6-20-11(8-14)18-19-12(20)9-4-2-3-5-10(9)13(15,16)17/h2-5H,6-8H2,1H3. The molecule has 21 heavy (non-hydrogen) atoms. The van der Waals surface area contributed by atoms with Crippen molar-refractivity contribution in [2.24, 2.45) is 0 Å². The van der Waals surface area contributed by atoms with Gasteiger partial charge in [0.15, 0.2) is 5.82 Å². The molecule has 1 heterocycles. The first-order chi connectivity index (χ1) is 9.99. The smallest absolute Gasteiger partial charge is 0.383 e. The number of ether oxygens (including phenoxy) is 1. The second kappa shape index (κ2) is 6.57. The topological polar surface area (TPSA) is 39.9 Å². The van der Waals surface area contributed by atoms with Gasteiger partial charge >= 0.3 is 6.18 Å². The molecule has 1 aromatic carbocycles. The van der Waals surface area contributed by atoms with Gasteiger partial charge in [0.1, 0.15) is 5.82 Å². The number of hydrogen-bond donors (Lipinski definition) is 0. The van der Waals surface area contributed by atoms with Crippen LogP contribution in [0.1, 0.15) is 11.4 Å². The van der Waals surface area contributed by atoms with Crippen molar-refractivity contribution in [1.29, 1.82) is 0 Å². The predicted octanol–water partition coefficient (Wildman–Crippen LogP) is 3.51. The SMILES string of the molecule is COCCn1c(CBr)nnc1-c1ccccc1C(F)(F)F. The number of nitrogens with zero attached hydrogens (tertiary/aromatic N) is 3. The van der Waals surface area contributed by atoms with Crippen LogP contribution in [0.25, 0.3) is 11.4 Å². The lowest BCUT2D eigenvalue weighted by Crippen LogP contribution is -2.12. The Morgan fingerprint density at radius 2 is 1.95 bits per heavy atom. The normalized spacial score (nSPS) is 11.9. The second-order valence-corrected chi connectivity index (χ2v) is 4.82. The van der Waals surface area contributed by atoms with Crippen LogP contribution in [0.2, 0.25) is 0 Å². The molecule has 1 aromatic heterocycles. The lowest BCUT2D eigenvalue weighted by molar-refractivity contribution is -0.137. The molecule has 0 saturated carbocycles. The Labute approximate surface area is 128 Å². The van der Waals surface area contributed by atoms with E-state index >= 15 is 0 Å². The number of hydrogen-bond acceptors (Lipinski definition) is 3. The van der Waals surface area contributed by atoms with Crippen LogP contribution in [0, 0.1) is 0 Å². The Kier molecular flexibility index (Phi) is 5.00. The van der Waals surface area contributed by atoms with Crippen molar-refractivity contribution in [3.63, 3.8) is 0 Å². The largest absolute Gasteiger partial charge is 0.417 e. The first-order valence-electron chi connectivity index (χ1n) is 6.12. The fourth-order valence-corrected chi connectivity index (χ4v) is 2.39. The highest BCUT2D eigenvalue weighted by molar-refractivity contribution is 9.08. The molecule has 0 aliphatic heterocycles. The van der Waals surface area contributed by atoms with Crippen LogP contribution in [0.15, 0.2) is 24.3 Å². The highest BCUT2D eigenvalue weighted by Gasteiger charge is 2.34. The molecule has 0 fully saturated rings. The third-order valence-electron chi connectivity index (χ3n) is 2.94. The maximum absolute atomic E-state index is 13.1. The third kappa shape index (κ3) is 3.44. The minimum absolute atomic E-state index is 0.0146. The van der Waals surface area contributed by atoms with Crippen LogP contribution < -0.4 is 0 Å². The lowest BCUT2D eigenvalue weighted by atomic mass is 10.1. The highest BCUT2D eigenvalue weighted by Crippen LogP contribution is 2.36.